The van der Waals surface area contributed by atoms with Crippen molar-refractivity contribution in [1.82, 2.24) is 14.9 Å². The van der Waals surface area contributed by atoms with Crippen LogP contribution in [0.2, 0.25) is 0 Å². The molecule has 0 bridgehead atoms. The fourth-order valence-corrected chi connectivity index (χ4v) is 3.07. The smallest absolute Gasteiger partial charge is 0.135 e. The van der Waals surface area contributed by atoms with Crippen LogP contribution in [-0.4, -0.2) is 22.2 Å². The van der Waals surface area contributed by atoms with Crippen molar-refractivity contribution >= 4 is 0 Å². The molecule has 2 heterocycles. The molecule has 1 aromatic heterocycles. The zero-order valence-electron chi connectivity index (χ0n) is 13.9. The third-order valence-corrected chi connectivity index (χ3v) is 4.42. The number of ether oxygens (including phenoxy) is 1. The quantitative estimate of drug-likeness (QED) is 0.776. The average molecular weight is 337 g/mol. The first-order chi connectivity index (χ1) is 12.3. The molecule has 0 saturated heterocycles. The zero-order chi connectivity index (χ0) is 17.1. The van der Waals surface area contributed by atoms with Crippen molar-refractivity contribution < 1.29 is 9.13 Å². The van der Waals surface area contributed by atoms with Crippen LogP contribution in [0.5, 0.6) is 0 Å². The molecule has 128 valence electrons. The molecule has 1 N–H and O–H groups in total. The summed E-state index contributed by atoms with van der Waals surface area (Å²) in [5.74, 6) is 0.771. The SMILES string of the molecule is Fc1ccccc1CNC[C@H]1Cn2cc(-c3ccccc3)nc2CO1. The molecule has 1 aliphatic heterocycles. The number of hydrogen-bond acceptors (Lipinski definition) is 3. The summed E-state index contributed by atoms with van der Waals surface area (Å²) in [5.41, 5.74) is 2.76. The van der Waals surface area contributed by atoms with Gasteiger partial charge in [0, 0.05) is 30.4 Å². The Kier molecular flexibility index (Phi) is 4.59. The number of aromatic nitrogens is 2. The van der Waals surface area contributed by atoms with Crippen molar-refractivity contribution in [2.45, 2.75) is 25.8 Å². The summed E-state index contributed by atoms with van der Waals surface area (Å²) in [5, 5.41) is 3.28. The normalized spacial score (nSPS) is 16.6. The molecule has 1 aliphatic rings. The summed E-state index contributed by atoms with van der Waals surface area (Å²) in [7, 11) is 0. The first kappa shape index (κ1) is 16.0. The highest BCUT2D eigenvalue weighted by atomic mass is 19.1. The van der Waals surface area contributed by atoms with Crippen LogP contribution in [0.4, 0.5) is 4.39 Å². The van der Waals surface area contributed by atoms with E-state index in [1.807, 2.05) is 24.3 Å². The second kappa shape index (κ2) is 7.17. The van der Waals surface area contributed by atoms with Gasteiger partial charge >= 0.3 is 0 Å². The van der Waals surface area contributed by atoms with E-state index in [4.69, 9.17) is 4.74 Å². The molecule has 0 amide bonds. The molecular weight excluding hydrogens is 317 g/mol. The number of nitrogens with zero attached hydrogens (tertiary/aromatic N) is 2. The van der Waals surface area contributed by atoms with Crippen LogP contribution >= 0.6 is 0 Å². The topological polar surface area (TPSA) is 39.1 Å². The van der Waals surface area contributed by atoms with E-state index < -0.39 is 0 Å². The van der Waals surface area contributed by atoms with Gasteiger partial charge in [-0.2, -0.15) is 0 Å². The summed E-state index contributed by atoms with van der Waals surface area (Å²) in [6.45, 7) is 2.42. The lowest BCUT2D eigenvalue weighted by atomic mass is 10.2. The standard InChI is InChI=1S/C20H20FN3O/c21-18-9-5-4-8-16(18)10-22-11-17-12-24-13-19(23-20(24)14-25-17)15-6-2-1-3-7-15/h1-9,13,17,22H,10-12,14H2/t17-/m0/s1. The maximum absolute atomic E-state index is 13.6. The van der Waals surface area contributed by atoms with E-state index in [-0.39, 0.29) is 11.9 Å². The number of halogens is 1. The molecule has 0 aliphatic carbocycles. The molecular formula is C20H20FN3O. The minimum absolute atomic E-state index is 0.0529. The predicted octanol–water partition coefficient (Wildman–Crippen LogP) is 3.38. The lowest BCUT2D eigenvalue weighted by Gasteiger charge is -2.24. The van der Waals surface area contributed by atoms with Gasteiger partial charge < -0.3 is 14.6 Å². The maximum atomic E-state index is 13.6. The Bertz CT molecular complexity index is 847. The van der Waals surface area contributed by atoms with E-state index in [0.29, 0.717) is 25.3 Å². The summed E-state index contributed by atoms with van der Waals surface area (Å²) < 4.78 is 21.7. The van der Waals surface area contributed by atoms with E-state index in [1.54, 1.807) is 12.1 Å². The van der Waals surface area contributed by atoms with Crippen LogP contribution < -0.4 is 5.32 Å². The van der Waals surface area contributed by atoms with Crippen LogP contribution in [0.3, 0.4) is 0 Å². The van der Waals surface area contributed by atoms with Gasteiger partial charge in [0.1, 0.15) is 18.2 Å². The Morgan fingerprint density at radius 3 is 2.76 bits per heavy atom. The van der Waals surface area contributed by atoms with E-state index in [1.165, 1.54) is 6.07 Å². The van der Waals surface area contributed by atoms with Gasteiger partial charge in [-0.05, 0) is 6.07 Å². The fourth-order valence-electron chi connectivity index (χ4n) is 3.07. The van der Waals surface area contributed by atoms with Gasteiger partial charge in [0.25, 0.3) is 0 Å². The Balaban J connectivity index is 1.37. The van der Waals surface area contributed by atoms with E-state index in [0.717, 1.165) is 23.6 Å². The Hall–Kier alpha value is -2.50. The molecule has 25 heavy (non-hydrogen) atoms. The van der Waals surface area contributed by atoms with Crippen LogP contribution in [0.25, 0.3) is 11.3 Å². The van der Waals surface area contributed by atoms with Crippen LogP contribution in [0.1, 0.15) is 11.4 Å². The second-order valence-corrected chi connectivity index (χ2v) is 6.22. The second-order valence-electron chi connectivity index (χ2n) is 6.22. The summed E-state index contributed by atoms with van der Waals surface area (Å²) >= 11 is 0. The summed E-state index contributed by atoms with van der Waals surface area (Å²) in [6, 6.07) is 17.0. The molecule has 0 spiro atoms. The Labute approximate surface area is 146 Å². The minimum atomic E-state index is -0.177. The van der Waals surface area contributed by atoms with Gasteiger partial charge in [-0.1, -0.05) is 48.5 Å². The van der Waals surface area contributed by atoms with Gasteiger partial charge in [0.05, 0.1) is 18.3 Å². The molecule has 4 nitrogen and oxygen atoms in total. The van der Waals surface area contributed by atoms with Crippen LogP contribution in [0.15, 0.2) is 60.8 Å². The van der Waals surface area contributed by atoms with Gasteiger partial charge in [0.15, 0.2) is 0 Å². The number of benzene rings is 2. The van der Waals surface area contributed by atoms with Crippen molar-refractivity contribution in [3.05, 3.63) is 78.0 Å². The number of fused-ring (bicyclic) bond motifs is 1. The monoisotopic (exact) mass is 337 g/mol. The van der Waals surface area contributed by atoms with Crippen molar-refractivity contribution in [1.29, 1.82) is 0 Å². The first-order valence-corrected chi connectivity index (χ1v) is 8.47. The van der Waals surface area contributed by atoms with Gasteiger partial charge in [0.2, 0.25) is 0 Å². The fraction of sp³-hybridized carbons (Fsp3) is 0.250. The highest BCUT2D eigenvalue weighted by Crippen LogP contribution is 2.22. The van der Waals surface area contributed by atoms with Crippen LogP contribution in [-0.2, 0) is 24.4 Å². The van der Waals surface area contributed by atoms with Crippen molar-refractivity contribution in [2.75, 3.05) is 6.54 Å². The first-order valence-electron chi connectivity index (χ1n) is 8.47. The third kappa shape index (κ3) is 3.62. The molecule has 5 heteroatoms. The molecule has 2 aromatic carbocycles. The third-order valence-electron chi connectivity index (χ3n) is 4.42. The molecule has 0 unspecified atom stereocenters. The molecule has 0 saturated carbocycles. The summed E-state index contributed by atoms with van der Waals surface area (Å²) in [4.78, 5) is 4.66. The number of rotatable bonds is 5. The van der Waals surface area contributed by atoms with Gasteiger partial charge in [-0.15, -0.1) is 0 Å². The van der Waals surface area contributed by atoms with E-state index in [9.17, 15) is 4.39 Å². The Morgan fingerprint density at radius 1 is 1.12 bits per heavy atom. The van der Waals surface area contributed by atoms with Crippen molar-refractivity contribution in [3.63, 3.8) is 0 Å². The lowest BCUT2D eigenvalue weighted by molar-refractivity contribution is 0.00275. The van der Waals surface area contributed by atoms with E-state index >= 15 is 0 Å². The Morgan fingerprint density at radius 2 is 1.92 bits per heavy atom. The lowest BCUT2D eigenvalue weighted by Crippen LogP contribution is -2.36. The molecule has 3 aromatic rings. The summed E-state index contributed by atoms with van der Waals surface area (Å²) in [6.07, 6.45) is 2.13. The predicted molar refractivity (Wildman–Crippen MR) is 94.3 cm³/mol. The zero-order valence-corrected chi connectivity index (χ0v) is 13.9. The minimum Gasteiger partial charge on any atom is -0.367 e. The number of hydrogen-bond donors (Lipinski definition) is 1. The van der Waals surface area contributed by atoms with Crippen molar-refractivity contribution in [2.24, 2.45) is 0 Å². The molecule has 1 atom stereocenters. The largest absolute Gasteiger partial charge is 0.367 e. The van der Waals surface area contributed by atoms with Crippen LogP contribution in [0, 0.1) is 5.82 Å². The number of nitrogens with one attached hydrogen (secondary N) is 1. The highest BCUT2D eigenvalue weighted by molar-refractivity contribution is 5.58. The molecule has 4 rings (SSSR count). The molecule has 0 radical (unpaired) electrons. The average Bonchev–Trinajstić information content (AvgIpc) is 3.07. The van der Waals surface area contributed by atoms with Gasteiger partial charge in [-0.25, -0.2) is 9.37 Å². The molecule has 0 fully saturated rings. The maximum Gasteiger partial charge on any atom is 0.135 e. The highest BCUT2D eigenvalue weighted by Gasteiger charge is 2.21. The van der Waals surface area contributed by atoms with E-state index in [2.05, 4.69) is 33.2 Å². The van der Waals surface area contributed by atoms with Gasteiger partial charge in [-0.3, -0.25) is 0 Å². The number of imidazole rings is 1. The van der Waals surface area contributed by atoms with Crippen molar-refractivity contribution in [3.8, 4) is 11.3 Å².